The monoisotopic (exact) mass is 240 g/mol. The SMILES string of the molecule is C=CC=CC(C=Cc1ccccc1)C(=C)C(=O)O. The Morgan fingerprint density at radius 3 is 2.44 bits per heavy atom. The summed E-state index contributed by atoms with van der Waals surface area (Å²) in [4.78, 5) is 10.9. The molecule has 0 saturated carbocycles. The molecule has 0 amide bonds. The summed E-state index contributed by atoms with van der Waals surface area (Å²) in [6, 6.07) is 9.70. The summed E-state index contributed by atoms with van der Waals surface area (Å²) in [7, 11) is 0. The Morgan fingerprint density at radius 2 is 1.89 bits per heavy atom. The molecule has 1 N–H and O–H groups in total. The standard InChI is InChI=1S/C16H16O2/c1-3-4-10-15(13(2)16(17)18)12-11-14-8-6-5-7-9-14/h3-12,15H,1-2H2,(H,17,18). The van der Waals surface area contributed by atoms with Crippen molar-refractivity contribution in [1.29, 1.82) is 0 Å². The normalized spacial score (nSPS) is 12.7. The zero-order valence-electron chi connectivity index (χ0n) is 10.1. The predicted molar refractivity (Wildman–Crippen MR) is 75.1 cm³/mol. The highest BCUT2D eigenvalue weighted by molar-refractivity contribution is 5.87. The second kappa shape index (κ2) is 7.07. The first kappa shape index (κ1) is 13.7. The van der Waals surface area contributed by atoms with Crippen molar-refractivity contribution in [3.8, 4) is 0 Å². The van der Waals surface area contributed by atoms with Gasteiger partial charge in [-0.3, -0.25) is 0 Å². The van der Waals surface area contributed by atoms with Gasteiger partial charge in [-0.05, 0) is 5.56 Å². The van der Waals surface area contributed by atoms with Gasteiger partial charge in [0.1, 0.15) is 0 Å². The number of carbonyl (C=O) groups is 1. The highest BCUT2D eigenvalue weighted by atomic mass is 16.4. The van der Waals surface area contributed by atoms with E-state index in [1.807, 2.05) is 42.5 Å². The minimum Gasteiger partial charge on any atom is -0.478 e. The molecule has 0 heterocycles. The van der Waals surface area contributed by atoms with E-state index in [-0.39, 0.29) is 11.5 Å². The van der Waals surface area contributed by atoms with E-state index in [1.165, 1.54) is 0 Å². The smallest absolute Gasteiger partial charge is 0.331 e. The van der Waals surface area contributed by atoms with E-state index in [2.05, 4.69) is 13.2 Å². The molecule has 0 radical (unpaired) electrons. The third-order valence-corrected chi connectivity index (χ3v) is 2.43. The number of hydrogen-bond donors (Lipinski definition) is 1. The van der Waals surface area contributed by atoms with E-state index in [9.17, 15) is 4.79 Å². The summed E-state index contributed by atoms with van der Waals surface area (Å²) in [5, 5.41) is 8.96. The lowest BCUT2D eigenvalue weighted by molar-refractivity contribution is -0.132. The second-order valence-electron chi connectivity index (χ2n) is 3.75. The van der Waals surface area contributed by atoms with Crippen LogP contribution in [0.1, 0.15) is 5.56 Å². The summed E-state index contributed by atoms with van der Waals surface area (Å²) in [5.41, 5.74) is 1.16. The van der Waals surface area contributed by atoms with E-state index >= 15 is 0 Å². The van der Waals surface area contributed by atoms with Crippen molar-refractivity contribution in [2.45, 2.75) is 0 Å². The lowest BCUT2D eigenvalue weighted by Crippen LogP contribution is -2.07. The third kappa shape index (κ3) is 4.26. The van der Waals surface area contributed by atoms with Crippen molar-refractivity contribution in [2.75, 3.05) is 0 Å². The highest BCUT2D eigenvalue weighted by Gasteiger charge is 2.12. The zero-order valence-corrected chi connectivity index (χ0v) is 10.1. The van der Waals surface area contributed by atoms with Gasteiger partial charge in [0.15, 0.2) is 0 Å². The number of aliphatic carboxylic acids is 1. The van der Waals surface area contributed by atoms with Crippen LogP contribution in [0.5, 0.6) is 0 Å². The molecular weight excluding hydrogens is 224 g/mol. The fourth-order valence-corrected chi connectivity index (χ4v) is 1.42. The van der Waals surface area contributed by atoms with Gasteiger partial charge >= 0.3 is 5.97 Å². The number of carboxylic acid groups (broad SMARTS) is 1. The second-order valence-corrected chi connectivity index (χ2v) is 3.75. The lowest BCUT2D eigenvalue weighted by Gasteiger charge is -2.07. The molecule has 2 nitrogen and oxygen atoms in total. The van der Waals surface area contributed by atoms with Crippen LogP contribution in [0.15, 0.2) is 73.4 Å². The Bertz CT molecular complexity index is 481. The van der Waals surface area contributed by atoms with Crippen molar-refractivity contribution >= 4 is 12.0 Å². The average Bonchev–Trinajstić information content (AvgIpc) is 2.39. The number of allylic oxidation sites excluding steroid dienone is 4. The largest absolute Gasteiger partial charge is 0.478 e. The van der Waals surface area contributed by atoms with E-state index in [0.29, 0.717) is 0 Å². The molecule has 0 aliphatic heterocycles. The summed E-state index contributed by atoms with van der Waals surface area (Å²) in [6.45, 7) is 7.15. The lowest BCUT2D eigenvalue weighted by atomic mass is 9.98. The molecule has 1 atom stereocenters. The van der Waals surface area contributed by atoms with Crippen LogP contribution in [0.3, 0.4) is 0 Å². The molecule has 92 valence electrons. The molecule has 1 rings (SSSR count). The number of carboxylic acids is 1. The Balaban J connectivity index is 2.88. The Morgan fingerprint density at radius 1 is 1.22 bits per heavy atom. The fraction of sp³-hybridized carbons (Fsp3) is 0.0625. The Labute approximate surface area is 107 Å². The van der Waals surface area contributed by atoms with Gasteiger partial charge in [0.05, 0.1) is 0 Å². The van der Waals surface area contributed by atoms with E-state index < -0.39 is 5.97 Å². The number of hydrogen-bond acceptors (Lipinski definition) is 1. The maximum Gasteiger partial charge on any atom is 0.331 e. The molecule has 0 fully saturated rings. The maximum atomic E-state index is 10.9. The van der Waals surface area contributed by atoms with E-state index in [4.69, 9.17) is 5.11 Å². The Kier molecular flexibility index (Phi) is 5.39. The van der Waals surface area contributed by atoms with Crippen molar-refractivity contribution in [1.82, 2.24) is 0 Å². The van der Waals surface area contributed by atoms with Crippen LogP contribution in [-0.2, 0) is 4.79 Å². The molecule has 0 spiro atoms. The van der Waals surface area contributed by atoms with Crippen LogP contribution in [0.4, 0.5) is 0 Å². The van der Waals surface area contributed by atoms with Gasteiger partial charge in [0.2, 0.25) is 0 Å². The van der Waals surface area contributed by atoms with Gasteiger partial charge in [0, 0.05) is 11.5 Å². The molecular formula is C16H16O2. The summed E-state index contributed by atoms with van der Waals surface area (Å²) < 4.78 is 0. The predicted octanol–water partition coefficient (Wildman–Crippen LogP) is 3.70. The van der Waals surface area contributed by atoms with Crippen LogP contribution in [0.2, 0.25) is 0 Å². The van der Waals surface area contributed by atoms with Crippen molar-refractivity contribution in [2.24, 2.45) is 5.92 Å². The minimum absolute atomic E-state index is 0.139. The van der Waals surface area contributed by atoms with Gasteiger partial charge in [0.25, 0.3) is 0 Å². The van der Waals surface area contributed by atoms with Crippen LogP contribution < -0.4 is 0 Å². The first-order valence-electron chi connectivity index (χ1n) is 5.59. The molecule has 0 saturated heterocycles. The molecule has 18 heavy (non-hydrogen) atoms. The van der Waals surface area contributed by atoms with E-state index in [1.54, 1.807) is 18.2 Å². The first-order chi connectivity index (χ1) is 8.65. The summed E-state index contributed by atoms with van der Waals surface area (Å²) in [5.74, 6) is -1.33. The first-order valence-corrected chi connectivity index (χ1v) is 5.59. The van der Waals surface area contributed by atoms with Crippen molar-refractivity contribution in [3.63, 3.8) is 0 Å². The number of rotatable bonds is 6. The van der Waals surface area contributed by atoms with Crippen LogP contribution in [0, 0.1) is 5.92 Å². The van der Waals surface area contributed by atoms with E-state index in [0.717, 1.165) is 5.56 Å². The van der Waals surface area contributed by atoms with Crippen molar-refractivity contribution < 1.29 is 9.90 Å². The van der Waals surface area contributed by atoms with Gasteiger partial charge in [-0.25, -0.2) is 4.79 Å². The molecule has 0 aliphatic rings. The average molecular weight is 240 g/mol. The molecule has 2 heteroatoms. The van der Waals surface area contributed by atoms with Crippen LogP contribution >= 0.6 is 0 Å². The van der Waals surface area contributed by atoms with Crippen molar-refractivity contribution in [3.05, 3.63) is 78.9 Å². The van der Waals surface area contributed by atoms with Gasteiger partial charge in [-0.1, -0.05) is 73.9 Å². The molecule has 1 aromatic carbocycles. The fourth-order valence-electron chi connectivity index (χ4n) is 1.42. The summed E-state index contributed by atoms with van der Waals surface area (Å²) in [6.07, 6.45) is 8.77. The quantitative estimate of drug-likeness (QED) is 0.608. The maximum absolute atomic E-state index is 10.9. The molecule has 1 aromatic rings. The third-order valence-electron chi connectivity index (χ3n) is 2.43. The zero-order chi connectivity index (χ0) is 13.4. The molecule has 0 aromatic heterocycles. The Hall–Kier alpha value is -2.35. The molecule has 0 aliphatic carbocycles. The van der Waals surface area contributed by atoms with Gasteiger partial charge < -0.3 is 5.11 Å². The minimum atomic E-state index is -0.994. The highest BCUT2D eigenvalue weighted by Crippen LogP contribution is 2.15. The summed E-state index contributed by atoms with van der Waals surface area (Å²) >= 11 is 0. The number of benzene rings is 1. The topological polar surface area (TPSA) is 37.3 Å². The van der Waals surface area contributed by atoms with Crippen LogP contribution in [0.25, 0.3) is 6.08 Å². The van der Waals surface area contributed by atoms with Gasteiger partial charge in [-0.2, -0.15) is 0 Å². The van der Waals surface area contributed by atoms with Gasteiger partial charge in [-0.15, -0.1) is 0 Å². The molecule has 0 bridgehead atoms. The molecule has 1 unspecified atom stereocenters. The van der Waals surface area contributed by atoms with Crippen LogP contribution in [-0.4, -0.2) is 11.1 Å².